The summed E-state index contributed by atoms with van der Waals surface area (Å²) in [4.78, 5) is 4.39. The second-order valence-electron chi connectivity index (χ2n) is 5.27. The molecule has 0 spiro atoms. The van der Waals surface area contributed by atoms with Crippen LogP contribution in [0, 0.1) is 5.92 Å². The Hall–Kier alpha value is -1.39. The standard InChI is InChI=1S/C15H24N4/c1-13(2)11-17-8-7-16-9-10-19-12-18-14-5-3-4-6-15(14)19/h3-6,12-13,16-17H,7-11H2,1-2H3. The van der Waals surface area contributed by atoms with E-state index in [1.165, 1.54) is 5.52 Å². The summed E-state index contributed by atoms with van der Waals surface area (Å²) in [5.41, 5.74) is 2.28. The topological polar surface area (TPSA) is 41.9 Å². The summed E-state index contributed by atoms with van der Waals surface area (Å²) in [6.07, 6.45) is 1.92. The molecule has 0 saturated heterocycles. The van der Waals surface area contributed by atoms with Crippen LogP contribution in [0.1, 0.15) is 13.8 Å². The molecule has 0 amide bonds. The van der Waals surface area contributed by atoms with Gasteiger partial charge in [-0.15, -0.1) is 0 Å². The van der Waals surface area contributed by atoms with E-state index < -0.39 is 0 Å². The van der Waals surface area contributed by atoms with Crippen LogP contribution in [-0.4, -0.2) is 35.7 Å². The maximum atomic E-state index is 4.39. The molecule has 0 atom stereocenters. The lowest BCUT2D eigenvalue weighted by Gasteiger charge is -2.09. The zero-order valence-corrected chi connectivity index (χ0v) is 11.9. The molecule has 0 aliphatic carbocycles. The summed E-state index contributed by atoms with van der Waals surface area (Å²) >= 11 is 0. The first-order chi connectivity index (χ1) is 9.27. The monoisotopic (exact) mass is 260 g/mol. The molecule has 4 nitrogen and oxygen atoms in total. The number of fused-ring (bicyclic) bond motifs is 1. The molecule has 1 aromatic carbocycles. The minimum atomic E-state index is 0.720. The van der Waals surface area contributed by atoms with Gasteiger partial charge in [0.2, 0.25) is 0 Å². The van der Waals surface area contributed by atoms with Crippen LogP contribution < -0.4 is 10.6 Å². The van der Waals surface area contributed by atoms with Crippen molar-refractivity contribution in [1.29, 1.82) is 0 Å². The van der Waals surface area contributed by atoms with E-state index in [4.69, 9.17) is 0 Å². The first-order valence-corrected chi connectivity index (χ1v) is 7.08. The van der Waals surface area contributed by atoms with Crippen LogP contribution in [-0.2, 0) is 6.54 Å². The van der Waals surface area contributed by atoms with Crippen molar-refractivity contribution >= 4 is 11.0 Å². The molecule has 19 heavy (non-hydrogen) atoms. The highest BCUT2D eigenvalue weighted by Crippen LogP contribution is 2.10. The molecule has 0 aliphatic rings. The zero-order chi connectivity index (χ0) is 13.5. The van der Waals surface area contributed by atoms with Gasteiger partial charge in [-0.25, -0.2) is 4.98 Å². The summed E-state index contributed by atoms with van der Waals surface area (Å²) in [6.45, 7) is 9.53. The number of rotatable bonds is 8. The van der Waals surface area contributed by atoms with Crippen molar-refractivity contribution in [2.75, 3.05) is 26.2 Å². The van der Waals surface area contributed by atoms with Crippen molar-refractivity contribution in [3.8, 4) is 0 Å². The first kappa shape index (κ1) is 14.0. The third kappa shape index (κ3) is 4.33. The van der Waals surface area contributed by atoms with Crippen molar-refractivity contribution in [1.82, 2.24) is 20.2 Å². The number of nitrogens with one attached hydrogen (secondary N) is 2. The molecule has 0 saturated carbocycles. The number of aromatic nitrogens is 2. The van der Waals surface area contributed by atoms with Crippen LogP contribution in [0.5, 0.6) is 0 Å². The van der Waals surface area contributed by atoms with Crippen molar-refractivity contribution in [3.05, 3.63) is 30.6 Å². The molecule has 1 aromatic heterocycles. The van der Waals surface area contributed by atoms with Crippen LogP contribution in [0.15, 0.2) is 30.6 Å². The lowest BCUT2D eigenvalue weighted by molar-refractivity contribution is 0.527. The van der Waals surface area contributed by atoms with Crippen molar-refractivity contribution in [2.45, 2.75) is 20.4 Å². The average Bonchev–Trinajstić information content (AvgIpc) is 2.81. The Labute approximate surface area is 115 Å². The summed E-state index contributed by atoms with van der Waals surface area (Å²) in [7, 11) is 0. The van der Waals surface area contributed by atoms with Crippen molar-refractivity contribution in [3.63, 3.8) is 0 Å². The number of hydrogen-bond acceptors (Lipinski definition) is 3. The molecule has 2 rings (SSSR count). The lowest BCUT2D eigenvalue weighted by atomic mass is 10.2. The SMILES string of the molecule is CC(C)CNCCNCCn1cnc2ccccc21. The van der Waals surface area contributed by atoms with Gasteiger partial charge in [-0.05, 0) is 24.6 Å². The Morgan fingerprint density at radius 1 is 1.11 bits per heavy atom. The largest absolute Gasteiger partial charge is 0.329 e. The first-order valence-electron chi connectivity index (χ1n) is 7.08. The van der Waals surface area contributed by atoms with E-state index in [0.29, 0.717) is 0 Å². The van der Waals surface area contributed by atoms with Gasteiger partial charge in [0.25, 0.3) is 0 Å². The van der Waals surface area contributed by atoms with Gasteiger partial charge in [-0.3, -0.25) is 0 Å². The van der Waals surface area contributed by atoms with Gasteiger partial charge >= 0.3 is 0 Å². The summed E-state index contributed by atoms with van der Waals surface area (Å²) in [6, 6.07) is 8.25. The number of para-hydroxylation sites is 2. The normalized spacial score (nSPS) is 11.5. The quantitative estimate of drug-likeness (QED) is 0.712. The fourth-order valence-corrected chi connectivity index (χ4v) is 2.08. The van der Waals surface area contributed by atoms with E-state index in [9.17, 15) is 0 Å². The molecule has 0 unspecified atom stereocenters. The van der Waals surface area contributed by atoms with Gasteiger partial charge in [0.1, 0.15) is 0 Å². The number of nitrogens with zero attached hydrogens (tertiary/aromatic N) is 2. The molecule has 2 N–H and O–H groups in total. The second kappa shape index (κ2) is 7.26. The smallest absolute Gasteiger partial charge is 0.0958 e. The zero-order valence-electron chi connectivity index (χ0n) is 11.9. The molecule has 2 aromatic rings. The number of hydrogen-bond donors (Lipinski definition) is 2. The summed E-state index contributed by atoms with van der Waals surface area (Å²) < 4.78 is 2.20. The Bertz CT molecular complexity index is 490. The minimum Gasteiger partial charge on any atom is -0.329 e. The predicted molar refractivity (Wildman–Crippen MR) is 80.3 cm³/mol. The molecule has 0 fully saturated rings. The molecule has 1 heterocycles. The highest BCUT2D eigenvalue weighted by atomic mass is 15.1. The van der Waals surface area contributed by atoms with Crippen LogP contribution in [0.25, 0.3) is 11.0 Å². The van der Waals surface area contributed by atoms with Gasteiger partial charge in [0, 0.05) is 26.2 Å². The van der Waals surface area contributed by atoms with E-state index >= 15 is 0 Å². The Morgan fingerprint density at radius 3 is 2.74 bits per heavy atom. The van der Waals surface area contributed by atoms with Crippen LogP contribution in [0.2, 0.25) is 0 Å². The van der Waals surface area contributed by atoms with Crippen molar-refractivity contribution in [2.24, 2.45) is 5.92 Å². The number of benzene rings is 1. The van der Waals surface area contributed by atoms with Gasteiger partial charge in [0.05, 0.1) is 17.4 Å². The minimum absolute atomic E-state index is 0.720. The van der Waals surface area contributed by atoms with E-state index in [-0.39, 0.29) is 0 Å². The average molecular weight is 260 g/mol. The second-order valence-corrected chi connectivity index (χ2v) is 5.27. The number of imidazole rings is 1. The van der Waals surface area contributed by atoms with Gasteiger partial charge in [0.15, 0.2) is 0 Å². The highest BCUT2D eigenvalue weighted by Gasteiger charge is 2.00. The van der Waals surface area contributed by atoms with Gasteiger partial charge in [-0.1, -0.05) is 26.0 Å². The third-order valence-corrected chi connectivity index (χ3v) is 3.09. The van der Waals surface area contributed by atoms with E-state index in [2.05, 4.69) is 52.2 Å². The molecular formula is C15H24N4. The molecular weight excluding hydrogens is 236 g/mol. The fourth-order valence-electron chi connectivity index (χ4n) is 2.08. The maximum absolute atomic E-state index is 4.39. The van der Waals surface area contributed by atoms with E-state index in [1.54, 1.807) is 0 Å². The maximum Gasteiger partial charge on any atom is 0.0958 e. The molecule has 104 valence electrons. The Morgan fingerprint density at radius 2 is 1.89 bits per heavy atom. The molecule has 0 bridgehead atoms. The Kier molecular flexibility index (Phi) is 5.36. The van der Waals surface area contributed by atoms with Gasteiger partial charge < -0.3 is 15.2 Å². The van der Waals surface area contributed by atoms with Crippen LogP contribution in [0.4, 0.5) is 0 Å². The highest BCUT2D eigenvalue weighted by molar-refractivity contribution is 5.74. The van der Waals surface area contributed by atoms with E-state index in [1.807, 2.05) is 12.4 Å². The van der Waals surface area contributed by atoms with Gasteiger partial charge in [-0.2, -0.15) is 0 Å². The lowest BCUT2D eigenvalue weighted by Crippen LogP contribution is -2.31. The predicted octanol–water partition coefficient (Wildman–Crippen LogP) is 1.87. The van der Waals surface area contributed by atoms with Crippen LogP contribution in [0.3, 0.4) is 0 Å². The summed E-state index contributed by atoms with van der Waals surface area (Å²) in [5.74, 6) is 0.720. The Balaban J connectivity index is 1.66. The van der Waals surface area contributed by atoms with Crippen LogP contribution >= 0.6 is 0 Å². The fraction of sp³-hybridized carbons (Fsp3) is 0.533. The molecule has 0 aliphatic heterocycles. The molecule has 0 radical (unpaired) electrons. The third-order valence-electron chi connectivity index (χ3n) is 3.09. The summed E-state index contributed by atoms with van der Waals surface area (Å²) in [5, 5.41) is 6.88. The van der Waals surface area contributed by atoms with Crippen molar-refractivity contribution < 1.29 is 0 Å². The van der Waals surface area contributed by atoms with E-state index in [0.717, 1.165) is 44.2 Å². The molecule has 4 heteroatoms.